The minimum absolute atomic E-state index is 0.114. The topological polar surface area (TPSA) is 56.2 Å². The van der Waals surface area contributed by atoms with E-state index < -0.39 is 5.82 Å². The number of ether oxygens (including phenoxy) is 1. The van der Waals surface area contributed by atoms with Crippen LogP contribution in [0.25, 0.3) is 0 Å². The molecule has 1 amide bonds. The highest BCUT2D eigenvalue weighted by molar-refractivity contribution is 6.32. The van der Waals surface area contributed by atoms with Crippen LogP contribution in [-0.2, 0) is 17.8 Å². The van der Waals surface area contributed by atoms with Gasteiger partial charge in [0.05, 0.1) is 17.8 Å². The van der Waals surface area contributed by atoms with E-state index in [-0.39, 0.29) is 23.3 Å². The minimum Gasteiger partial charge on any atom is -0.482 e. The predicted molar refractivity (Wildman–Crippen MR) is 103 cm³/mol. The van der Waals surface area contributed by atoms with Crippen LogP contribution >= 0.6 is 11.6 Å². The van der Waals surface area contributed by atoms with Crippen molar-refractivity contribution in [3.63, 3.8) is 0 Å². The largest absolute Gasteiger partial charge is 0.482 e. The van der Waals surface area contributed by atoms with Crippen LogP contribution in [-0.4, -0.2) is 22.3 Å². The summed E-state index contributed by atoms with van der Waals surface area (Å²) in [7, 11) is 0. The van der Waals surface area contributed by atoms with Gasteiger partial charge in [0.15, 0.2) is 6.61 Å². The molecule has 27 heavy (non-hydrogen) atoms. The fraction of sp³-hybridized carbons (Fsp3) is 0.200. The summed E-state index contributed by atoms with van der Waals surface area (Å²) in [5, 5.41) is 7.12. The van der Waals surface area contributed by atoms with E-state index in [9.17, 15) is 9.18 Å². The number of amides is 1. The number of nitrogens with zero attached hydrogens (tertiary/aromatic N) is 2. The lowest BCUT2D eigenvalue weighted by molar-refractivity contribution is -0.118. The van der Waals surface area contributed by atoms with Crippen LogP contribution in [0.3, 0.4) is 0 Å². The molecule has 0 aliphatic rings. The summed E-state index contributed by atoms with van der Waals surface area (Å²) in [5.41, 5.74) is 2.35. The molecule has 1 N–H and O–H groups in total. The van der Waals surface area contributed by atoms with Gasteiger partial charge in [-0.3, -0.25) is 4.79 Å². The first-order valence-electron chi connectivity index (χ1n) is 8.52. The lowest BCUT2D eigenvalue weighted by atomic mass is 10.1. The number of anilines is 1. The van der Waals surface area contributed by atoms with Gasteiger partial charge < -0.3 is 10.1 Å². The SMILES string of the molecule is CCc1ccc(Cn2nccc2NC(=O)COc2ccc(F)cc2Cl)cc1. The number of carbonyl (C=O) groups is 1. The van der Waals surface area contributed by atoms with E-state index in [1.807, 2.05) is 12.1 Å². The van der Waals surface area contributed by atoms with Crippen molar-refractivity contribution in [2.24, 2.45) is 0 Å². The van der Waals surface area contributed by atoms with E-state index in [0.29, 0.717) is 12.4 Å². The molecule has 3 rings (SSSR count). The van der Waals surface area contributed by atoms with Gasteiger partial charge >= 0.3 is 0 Å². The summed E-state index contributed by atoms with van der Waals surface area (Å²) in [6.45, 7) is 2.40. The zero-order valence-electron chi connectivity index (χ0n) is 14.8. The van der Waals surface area contributed by atoms with Crippen molar-refractivity contribution < 1.29 is 13.9 Å². The molecule has 0 aliphatic heterocycles. The number of halogens is 2. The van der Waals surface area contributed by atoms with Crippen molar-refractivity contribution in [2.75, 3.05) is 11.9 Å². The van der Waals surface area contributed by atoms with Gasteiger partial charge in [0.1, 0.15) is 17.4 Å². The number of hydrogen-bond acceptors (Lipinski definition) is 3. The second-order valence-corrected chi connectivity index (χ2v) is 6.36. The lowest BCUT2D eigenvalue weighted by Gasteiger charge is -2.11. The van der Waals surface area contributed by atoms with Gasteiger partial charge in [0.25, 0.3) is 5.91 Å². The average molecular weight is 388 g/mol. The van der Waals surface area contributed by atoms with Gasteiger partial charge in [-0.2, -0.15) is 5.10 Å². The second-order valence-electron chi connectivity index (χ2n) is 5.96. The Labute approximate surface area is 161 Å². The Balaban J connectivity index is 1.59. The third-order valence-corrected chi connectivity index (χ3v) is 4.30. The molecule has 0 saturated carbocycles. The quantitative estimate of drug-likeness (QED) is 0.657. The molecule has 2 aromatic carbocycles. The number of nitrogens with one attached hydrogen (secondary N) is 1. The number of aryl methyl sites for hydroxylation is 1. The van der Waals surface area contributed by atoms with Crippen molar-refractivity contribution in [1.29, 1.82) is 0 Å². The Kier molecular flexibility index (Phi) is 6.08. The molecule has 1 heterocycles. The second kappa shape index (κ2) is 8.68. The Morgan fingerprint density at radius 3 is 2.63 bits per heavy atom. The van der Waals surface area contributed by atoms with Crippen LogP contribution in [0.2, 0.25) is 5.02 Å². The number of rotatable bonds is 7. The van der Waals surface area contributed by atoms with Gasteiger partial charge in [-0.05, 0) is 35.7 Å². The first-order valence-corrected chi connectivity index (χ1v) is 8.90. The average Bonchev–Trinajstić information content (AvgIpc) is 3.08. The Morgan fingerprint density at radius 1 is 1.19 bits per heavy atom. The van der Waals surface area contributed by atoms with E-state index in [4.69, 9.17) is 16.3 Å². The number of benzene rings is 2. The van der Waals surface area contributed by atoms with E-state index in [1.165, 1.54) is 17.7 Å². The molecule has 0 spiro atoms. The van der Waals surface area contributed by atoms with E-state index >= 15 is 0 Å². The summed E-state index contributed by atoms with van der Waals surface area (Å²) in [6.07, 6.45) is 2.61. The molecule has 0 bridgehead atoms. The molecule has 0 atom stereocenters. The Bertz CT molecular complexity index is 925. The van der Waals surface area contributed by atoms with Crippen LogP contribution in [0.4, 0.5) is 10.2 Å². The zero-order chi connectivity index (χ0) is 19.2. The van der Waals surface area contributed by atoms with Gasteiger partial charge in [-0.1, -0.05) is 42.8 Å². The van der Waals surface area contributed by atoms with E-state index in [2.05, 4.69) is 29.5 Å². The molecule has 1 aromatic heterocycles. The van der Waals surface area contributed by atoms with Crippen LogP contribution in [0.15, 0.2) is 54.7 Å². The minimum atomic E-state index is -0.465. The number of aromatic nitrogens is 2. The summed E-state index contributed by atoms with van der Waals surface area (Å²) in [6, 6.07) is 13.7. The zero-order valence-corrected chi connectivity index (χ0v) is 15.5. The highest BCUT2D eigenvalue weighted by Crippen LogP contribution is 2.24. The molecule has 0 radical (unpaired) electrons. The first-order chi connectivity index (χ1) is 13.0. The molecule has 0 unspecified atom stereocenters. The van der Waals surface area contributed by atoms with Crippen molar-refractivity contribution in [1.82, 2.24) is 9.78 Å². The molecule has 0 saturated heterocycles. The standard InChI is InChI=1S/C20H19ClFN3O2/c1-2-14-3-5-15(6-4-14)12-25-19(9-10-23-25)24-20(26)13-27-18-8-7-16(22)11-17(18)21/h3-11H,2,12-13H2,1H3,(H,24,26). The maximum Gasteiger partial charge on any atom is 0.263 e. The highest BCUT2D eigenvalue weighted by atomic mass is 35.5. The van der Waals surface area contributed by atoms with Gasteiger partial charge in [-0.25, -0.2) is 9.07 Å². The van der Waals surface area contributed by atoms with Crippen LogP contribution in [0, 0.1) is 5.82 Å². The molecule has 0 fully saturated rings. The van der Waals surface area contributed by atoms with Crippen LogP contribution < -0.4 is 10.1 Å². The summed E-state index contributed by atoms with van der Waals surface area (Å²) in [4.78, 5) is 12.2. The molecular formula is C20H19ClFN3O2. The van der Waals surface area contributed by atoms with Crippen LogP contribution in [0.5, 0.6) is 5.75 Å². The third kappa shape index (κ3) is 5.08. The molecule has 5 nitrogen and oxygen atoms in total. The number of hydrogen-bond donors (Lipinski definition) is 1. The van der Waals surface area contributed by atoms with Gasteiger partial charge in [0.2, 0.25) is 0 Å². The van der Waals surface area contributed by atoms with Crippen molar-refractivity contribution >= 4 is 23.3 Å². The summed E-state index contributed by atoms with van der Waals surface area (Å²) in [5.74, 6) is -0.0164. The Hall–Kier alpha value is -2.86. The fourth-order valence-electron chi connectivity index (χ4n) is 2.53. The Morgan fingerprint density at radius 2 is 1.93 bits per heavy atom. The van der Waals surface area contributed by atoms with Crippen LogP contribution in [0.1, 0.15) is 18.1 Å². The molecular weight excluding hydrogens is 369 g/mol. The highest BCUT2D eigenvalue weighted by Gasteiger charge is 2.10. The van der Waals surface area contributed by atoms with Crippen molar-refractivity contribution in [3.8, 4) is 5.75 Å². The monoisotopic (exact) mass is 387 g/mol. The molecule has 0 aliphatic carbocycles. The van der Waals surface area contributed by atoms with E-state index in [1.54, 1.807) is 16.9 Å². The maximum atomic E-state index is 13.0. The fourth-order valence-corrected chi connectivity index (χ4v) is 2.75. The molecule has 3 aromatic rings. The van der Waals surface area contributed by atoms with Gasteiger partial charge in [0, 0.05) is 6.07 Å². The van der Waals surface area contributed by atoms with Gasteiger partial charge in [-0.15, -0.1) is 0 Å². The first kappa shape index (κ1) is 18.9. The third-order valence-electron chi connectivity index (χ3n) is 4.00. The maximum absolute atomic E-state index is 13.0. The predicted octanol–water partition coefficient (Wildman–Crippen LogP) is 4.30. The summed E-state index contributed by atoms with van der Waals surface area (Å²) < 4.78 is 20.1. The lowest BCUT2D eigenvalue weighted by Crippen LogP contribution is -2.22. The number of carbonyl (C=O) groups excluding carboxylic acids is 1. The smallest absolute Gasteiger partial charge is 0.263 e. The van der Waals surface area contributed by atoms with E-state index in [0.717, 1.165) is 18.1 Å². The molecule has 7 heteroatoms. The summed E-state index contributed by atoms with van der Waals surface area (Å²) >= 11 is 5.88. The normalized spacial score (nSPS) is 10.6. The van der Waals surface area contributed by atoms with Crippen molar-refractivity contribution in [3.05, 3.63) is 76.7 Å². The van der Waals surface area contributed by atoms with Crippen molar-refractivity contribution in [2.45, 2.75) is 19.9 Å². The molecule has 140 valence electrons.